The Kier molecular flexibility index (Phi) is 4.89. The average molecular weight is 304 g/mol. The molecule has 1 N–H and O–H groups in total. The van der Waals surface area contributed by atoms with E-state index < -0.39 is 0 Å². The average Bonchev–Trinajstić information content (AvgIpc) is 2.16. The first-order valence-corrected chi connectivity index (χ1v) is 6.10. The predicted molar refractivity (Wildman–Crippen MR) is 68.3 cm³/mol. The van der Waals surface area contributed by atoms with E-state index in [0.717, 1.165) is 12.8 Å². The van der Waals surface area contributed by atoms with Crippen LogP contribution in [-0.2, 0) is 6.42 Å². The fraction of sp³-hybridized carbons (Fsp3) is 0.500. The molecule has 78 valence electrons. The lowest BCUT2D eigenvalue weighted by Gasteiger charge is -2.13. The highest BCUT2D eigenvalue weighted by Gasteiger charge is 2.08. The molecule has 0 aliphatic carbocycles. The standard InChI is InChI=1S/C12H17IO/c1-9(2)12(14)8-5-10-3-6-11(13)7-4-10/h3-4,6-7,9,12,14H,5,8H2,1-2H3. The monoisotopic (exact) mass is 304 g/mol. The molecular weight excluding hydrogens is 287 g/mol. The summed E-state index contributed by atoms with van der Waals surface area (Å²) in [6, 6.07) is 8.49. The molecule has 1 nitrogen and oxygen atoms in total. The highest BCUT2D eigenvalue weighted by molar-refractivity contribution is 14.1. The Hall–Kier alpha value is -0.0900. The first-order chi connectivity index (χ1) is 6.59. The molecular formula is C12H17IO. The molecule has 1 aromatic carbocycles. The van der Waals surface area contributed by atoms with Crippen molar-refractivity contribution in [2.75, 3.05) is 0 Å². The minimum atomic E-state index is -0.172. The van der Waals surface area contributed by atoms with Gasteiger partial charge in [-0.15, -0.1) is 0 Å². The Morgan fingerprint density at radius 1 is 1.21 bits per heavy atom. The zero-order chi connectivity index (χ0) is 10.6. The molecule has 0 spiro atoms. The molecule has 0 amide bonds. The van der Waals surface area contributed by atoms with Crippen molar-refractivity contribution in [1.82, 2.24) is 0 Å². The van der Waals surface area contributed by atoms with Crippen molar-refractivity contribution in [3.05, 3.63) is 33.4 Å². The normalized spacial score (nSPS) is 13.2. The lowest BCUT2D eigenvalue weighted by molar-refractivity contribution is 0.116. The van der Waals surface area contributed by atoms with E-state index in [2.05, 4.69) is 60.7 Å². The quantitative estimate of drug-likeness (QED) is 0.847. The fourth-order valence-corrected chi connectivity index (χ4v) is 1.66. The van der Waals surface area contributed by atoms with Gasteiger partial charge < -0.3 is 5.11 Å². The third-order valence-corrected chi connectivity index (χ3v) is 3.13. The highest BCUT2D eigenvalue weighted by atomic mass is 127. The number of aliphatic hydroxyl groups excluding tert-OH is 1. The molecule has 0 aromatic heterocycles. The van der Waals surface area contributed by atoms with Gasteiger partial charge in [-0.1, -0.05) is 26.0 Å². The van der Waals surface area contributed by atoms with E-state index >= 15 is 0 Å². The van der Waals surface area contributed by atoms with Gasteiger partial charge in [0.25, 0.3) is 0 Å². The molecule has 0 saturated carbocycles. The van der Waals surface area contributed by atoms with E-state index in [1.807, 2.05) is 0 Å². The minimum absolute atomic E-state index is 0.172. The summed E-state index contributed by atoms with van der Waals surface area (Å²) in [4.78, 5) is 0. The Balaban J connectivity index is 2.42. The second-order valence-corrected chi connectivity index (χ2v) is 5.22. The number of benzene rings is 1. The maximum Gasteiger partial charge on any atom is 0.0566 e. The van der Waals surface area contributed by atoms with Crippen LogP contribution in [0.4, 0.5) is 0 Å². The summed E-state index contributed by atoms with van der Waals surface area (Å²) in [5, 5.41) is 9.64. The first-order valence-electron chi connectivity index (χ1n) is 5.02. The first kappa shape index (κ1) is 12.0. The number of halogens is 1. The highest BCUT2D eigenvalue weighted by Crippen LogP contribution is 2.12. The molecule has 1 rings (SSSR count). The fourth-order valence-electron chi connectivity index (χ4n) is 1.30. The van der Waals surface area contributed by atoms with E-state index in [-0.39, 0.29) is 6.10 Å². The molecule has 0 heterocycles. The number of hydrogen-bond donors (Lipinski definition) is 1. The zero-order valence-electron chi connectivity index (χ0n) is 8.70. The molecule has 0 radical (unpaired) electrons. The van der Waals surface area contributed by atoms with Gasteiger partial charge in [0.2, 0.25) is 0 Å². The van der Waals surface area contributed by atoms with Gasteiger partial charge in [0.15, 0.2) is 0 Å². The van der Waals surface area contributed by atoms with E-state index in [0.29, 0.717) is 5.92 Å². The van der Waals surface area contributed by atoms with Gasteiger partial charge in [-0.2, -0.15) is 0 Å². The molecule has 2 heteroatoms. The van der Waals surface area contributed by atoms with Crippen LogP contribution in [0.25, 0.3) is 0 Å². The van der Waals surface area contributed by atoms with E-state index in [1.54, 1.807) is 0 Å². The lowest BCUT2D eigenvalue weighted by atomic mass is 9.99. The van der Waals surface area contributed by atoms with Gasteiger partial charge >= 0.3 is 0 Å². The molecule has 14 heavy (non-hydrogen) atoms. The number of rotatable bonds is 4. The number of aryl methyl sites for hydroxylation is 1. The summed E-state index contributed by atoms with van der Waals surface area (Å²) < 4.78 is 1.26. The van der Waals surface area contributed by atoms with Gasteiger partial charge in [0.1, 0.15) is 0 Å². The van der Waals surface area contributed by atoms with Crippen LogP contribution in [0.1, 0.15) is 25.8 Å². The molecule has 1 unspecified atom stereocenters. The van der Waals surface area contributed by atoms with E-state index in [9.17, 15) is 5.11 Å². The Labute approximate surface area is 99.7 Å². The molecule has 0 fully saturated rings. The van der Waals surface area contributed by atoms with Crippen molar-refractivity contribution in [2.45, 2.75) is 32.8 Å². The third kappa shape index (κ3) is 3.96. The second kappa shape index (κ2) is 5.71. The molecule has 0 saturated heterocycles. The Bertz CT molecular complexity index is 266. The van der Waals surface area contributed by atoms with Crippen molar-refractivity contribution in [3.8, 4) is 0 Å². The van der Waals surface area contributed by atoms with Crippen molar-refractivity contribution in [1.29, 1.82) is 0 Å². The third-order valence-electron chi connectivity index (χ3n) is 2.41. The smallest absolute Gasteiger partial charge is 0.0566 e. The van der Waals surface area contributed by atoms with Crippen molar-refractivity contribution >= 4 is 22.6 Å². The molecule has 0 aliphatic heterocycles. The molecule has 0 aliphatic rings. The maximum absolute atomic E-state index is 9.64. The number of hydrogen-bond acceptors (Lipinski definition) is 1. The van der Waals surface area contributed by atoms with Crippen molar-refractivity contribution in [3.63, 3.8) is 0 Å². The summed E-state index contributed by atoms with van der Waals surface area (Å²) in [6.07, 6.45) is 1.66. The van der Waals surface area contributed by atoms with E-state index in [1.165, 1.54) is 9.13 Å². The Morgan fingerprint density at radius 2 is 1.79 bits per heavy atom. The van der Waals surface area contributed by atoms with Crippen molar-refractivity contribution < 1.29 is 5.11 Å². The minimum Gasteiger partial charge on any atom is -0.393 e. The largest absolute Gasteiger partial charge is 0.393 e. The summed E-state index contributed by atoms with van der Waals surface area (Å²) in [5.74, 6) is 0.360. The molecule has 1 atom stereocenters. The van der Waals surface area contributed by atoms with Gasteiger partial charge in [0.05, 0.1) is 6.10 Å². The van der Waals surface area contributed by atoms with Gasteiger partial charge in [-0.25, -0.2) is 0 Å². The second-order valence-electron chi connectivity index (χ2n) is 3.98. The molecule has 0 bridgehead atoms. The van der Waals surface area contributed by atoms with Crippen LogP contribution in [0, 0.1) is 9.49 Å². The molecule has 1 aromatic rings. The number of aliphatic hydroxyl groups is 1. The topological polar surface area (TPSA) is 20.2 Å². The van der Waals surface area contributed by atoms with Crippen LogP contribution >= 0.6 is 22.6 Å². The predicted octanol–water partition coefficient (Wildman–Crippen LogP) is 3.24. The SMILES string of the molecule is CC(C)C(O)CCc1ccc(I)cc1. The van der Waals surface area contributed by atoms with E-state index in [4.69, 9.17) is 0 Å². The summed E-state index contributed by atoms with van der Waals surface area (Å²) in [6.45, 7) is 4.11. The van der Waals surface area contributed by atoms with Crippen molar-refractivity contribution in [2.24, 2.45) is 5.92 Å². The van der Waals surface area contributed by atoms with Crippen LogP contribution in [0.3, 0.4) is 0 Å². The van der Waals surface area contributed by atoms with Crippen LogP contribution < -0.4 is 0 Å². The lowest BCUT2D eigenvalue weighted by Crippen LogP contribution is -2.15. The zero-order valence-corrected chi connectivity index (χ0v) is 10.9. The van der Waals surface area contributed by atoms with Gasteiger partial charge in [0, 0.05) is 3.57 Å². The van der Waals surface area contributed by atoms with Gasteiger partial charge in [-0.3, -0.25) is 0 Å². The summed E-state index contributed by atoms with van der Waals surface area (Å²) >= 11 is 2.30. The van der Waals surface area contributed by atoms with Crippen LogP contribution in [0.2, 0.25) is 0 Å². The Morgan fingerprint density at radius 3 is 2.29 bits per heavy atom. The van der Waals surface area contributed by atoms with Crippen LogP contribution in [-0.4, -0.2) is 11.2 Å². The van der Waals surface area contributed by atoms with Crippen LogP contribution in [0.15, 0.2) is 24.3 Å². The van der Waals surface area contributed by atoms with Gasteiger partial charge in [-0.05, 0) is 59.0 Å². The van der Waals surface area contributed by atoms with Crippen LogP contribution in [0.5, 0.6) is 0 Å². The summed E-state index contributed by atoms with van der Waals surface area (Å²) in [7, 11) is 0. The maximum atomic E-state index is 9.64. The summed E-state index contributed by atoms with van der Waals surface area (Å²) in [5.41, 5.74) is 1.31.